The molecule has 0 spiro atoms. The molecule has 1 saturated carbocycles. The molecule has 20 heavy (non-hydrogen) atoms. The summed E-state index contributed by atoms with van der Waals surface area (Å²) in [6.07, 6.45) is 2.66. The van der Waals surface area contributed by atoms with Crippen molar-refractivity contribution in [2.24, 2.45) is 0 Å². The second-order valence-corrected chi connectivity index (χ2v) is 5.68. The number of carbonyl (C=O) groups is 1. The van der Waals surface area contributed by atoms with Gasteiger partial charge in [-0.2, -0.15) is 5.10 Å². The zero-order valence-corrected chi connectivity index (χ0v) is 11.4. The van der Waals surface area contributed by atoms with Gasteiger partial charge in [-0.1, -0.05) is 18.2 Å². The molecule has 0 atom stereocenters. The average molecular weight is 270 g/mol. The molecule has 5 heteroatoms. The Hall–Kier alpha value is -1.88. The van der Waals surface area contributed by atoms with E-state index < -0.39 is 0 Å². The molecule has 2 heterocycles. The first-order valence-electron chi connectivity index (χ1n) is 7.29. The number of piperazine rings is 1. The van der Waals surface area contributed by atoms with Crippen molar-refractivity contribution < 1.29 is 4.79 Å². The van der Waals surface area contributed by atoms with Gasteiger partial charge in [0.15, 0.2) is 5.69 Å². The maximum Gasteiger partial charge on any atom is 0.275 e. The maximum atomic E-state index is 12.6. The number of H-pyrrole nitrogens is 1. The van der Waals surface area contributed by atoms with Crippen LogP contribution in [0, 0.1) is 0 Å². The molecule has 4 rings (SSSR count). The SMILES string of the molecule is O=C(c1n[nH]c2ccccc12)N1CCN(C2CC2)CC1. The summed E-state index contributed by atoms with van der Waals surface area (Å²) in [5.74, 6) is 0.0536. The lowest BCUT2D eigenvalue weighted by Gasteiger charge is -2.34. The van der Waals surface area contributed by atoms with Gasteiger partial charge in [-0.15, -0.1) is 0 Å². The second kappa shape index (κ2) is 4.59. The van der Waals surface area contributed by atoms with Crippen LogP contribution in [-0.4, -0.2) is 58.1 Å². The first-order valence-corrected chi connectivity index (χ1v) is 7.29. The molecule has 104 valence electrons. The van der Waals surface area contributed by atoms with E-state index in [1.54, 1.807) is 0 Å². The highest BCUT2D eigenvalue weighted by Gasteiger charge is 2.33. The molecule has 1 aromatic heterocycles. The summed E-state index contributed by atoms with van der Waals surface area (Å²) in [6.45, 7) is 3.63. The van der Waals surface area contributed by atoms with Crippen LogP contribution in [0.2, 0.25) is 0 Å². The van der Waals surface area contributed by atoms with Crippen molar-refractivity contribution in [2.75, 3.05) is 26.2 Å². The van der Waals surface area contributed by atoms with Crippen LogP contribution in [0.15, 0.2) is 24.3 Å². The zero-order chi connectivity index (χ0) is 13.5. The summed E-state index contributed by atoms with van der Waals surface area (Å²) < 4.78 is 0. The second-order valence-electron chi connectivity index (χ2n) is 5.68. The van der Waals surface area contributed by atoms with Gasteiger partial charge in [0.2, 0.25) is 0 Å². The number of hydrogen-bond acceptors (Lipinski definition) is 3. The largest absolute Gasteiger partial charge is 0.335 e. The van der Waals surface area contributed by atoms with Crippen LogP contribution < -0.4 is 0 Å². The van der Waals surface area contributed by atoms with Crippen LogP contribution in [0.3, 0.4) is 0 Å². The van der Waals surface area contributed by atoms with E-state index in [2.05, 4.69) is 15.1 Å². The minimum Gasteiger partial charge on any atom is -0.335 e. The Bertz CT molecular complexity index is 638. The summed E-state index contributed by atoms with van der Waals surface area (Å²) in [4.78, 5) is 17.0. The number of hydrogen-bond donors (Lipinski definition) is 1. The Morgan fingerprint density at radius 1 is 1.15 bits per heavy atom. The number of para-hydroxylation sites is 1. The third kappa shape index (κ3) is 1.98. The van der Waals surface area contributed by atoms with Crippen LogP contribution in [0.4, 0.5) is 0 Å². The van der Waals surface area contributed by atoms with Gasteiger partial charge >= 0.3 is 0 Å². The molecule has 0 bridgehead atoms. The molecule has 1 aromatic carbocycles. The van der Waals surface area contributed by atoms with Crippen LogP contribution in [0.25, 0.3) is 10.9 Å². The molecule has 1 saturated heterocycles. The van der Waals surface area contributed by atoms with E-state index in [-0.39, 0.29) is 5.91 Å². The minimum atomic E-state index is 0.0536. The predicted octanol–water partition coefficient (Wildman–Crippen LogP) is 1.48. The Morgan fingerprint density at radius 2 is 1.90 bits per heavy atom. The lowest BCUT2D eigenvalue weighted by Crippen LogP contribution is -2.49. The Labute approximate surface area is 117 Å². The molecule has 1 aliphatic heterocycles. The van der Waals surface area contributed by atoms with Gasteiger partial charge in [-0.3, -0.25) is 14.8 Å². The summed E-state index contributed by atoms with van der Waals surface area (Å²) in [7, 11) is 0. The number of aromatic amines is 1. The molecule has 5 nitrogen and oxygen atoms in total. The Kier molecular flexibility index (Phi) is 2.73. The normalized spacial score (nSPS) is 20.5. The number of fused-ring (bicyclic) bond motifs is 1. The van der Waals surface area contributed by atoms with E-state index >= 15 is 0 Å². The van der Waals surface area contributed by atoms with Crippen LogP contribution >= 0.6 is 0 Å². The molecule has 1 amide bonds. The monoisotopic (exact) mass is 270 g/mol. The highest BCUT2D eigenvalue weighted by molar-refractivity contribution is 6.04. The first kappa shape index (κ1) is 11.9. The predicted molar refractivity (Wildman–Crippen MR) is 76.6 cm³/mol. The van der Waals surface area contributed by atoms with E-state index in [0.717, 1.165) is 43.1 Å². The van der Waals surface area contributed by atoms with Gasteiger partial charge in [-0.25, -0.2) is 0 Å². The molecule has 0 unspecified atom stereocenters. The lowest BCUT2D eigenvalue weighted by atomic mass is 10.2. The van der Waals surface area contributed by atoms with E-state index in [4.69, 9.17) is 0 Å². The standard InChI is InChI=1S/C15H18N4O/c20-15(14-12-3-1-2-4-13(12)16-17-14)19-9-7-18(8-10-19)11-5-6-11/h1-4,11H,5-10H2,(H,16,17). The van der Waals surface area contributed by atoms with Gasteiger partial charge in [0.1, 0.15) is 0 Å². The number of carbonyl (C=O) groups excluding carboxylic acids is 1. The quantitative estimate of drug-likeness (QED) is 0.899. The van der Waals surface area contributed by atoms with E-state index in [1.165, 1.54) is 12.8 Å². The van der Waals surface area contributed by atoms with Gasteiger partial charge in [0.05, 0.1) is 5.52 Å². The number of nitrogens with one attached hydrogen (secondary N) is 1. The highest BCUT2D eigenvalue weighted by Crippen LogP contribution is 2.27. The Morgan fingerprint density at radius 3 is 2.65 bits per heavy atom. The minimum absolute atomic E-state index is 0.0536. The summed E-state index contributed by atoms with van der Waals surface area (Å²) in [5, 5.41) is 8.06. The molecule has 2 aromatic rings. The van der Waals surface area contributed by atoms with Crippen LogP contribution in [0.5, 0.6) is 0 Å². The molecular weight excluding hydrogens is 252 g/mol. The molecular formula is C15H18N4O. The number of amides is 1. The van der Waals surface area contributed by atoms with Crippen LogP contribution in [-0.2, 0) is 0 Å². The third-order valence-electron chi connectivity index (χ3n) is 4.34. The summed E-state index contributed by atoms with van der Waals surface area (Å²) in [6, 6.07) is 8.58. The smallest absolute Gasteiger partial charge is 0.275 e. The molecule has 1 N–H and O–H groups in total. The van der Waals surface area contributed by atoms with Crippen LogP contribution in [0.1, 0.15) is 23.3 Å². The average Bonchev–Trinajstić information content (AvgIpc) is 3.26. The van der Waals surface area contributed by atoms with Gasteiger partial charge in [-0.05, 0) is 18.9 Å². The third-order valence-corrected chi connectivity index (χ3v) is 4.34. The number of aromatic nitrogens is 2. The van der Waals surface area contributed by atoms with Gasteiger partial charge in [0, 0.05) is 37.6 Å². The molecule has 0 radical (unpaired) electrons. The lowest BCUT2D eigenvalue weighted by molar-refractivity contribution is 0.0623. The van der Waals surface area contributed by atoms with Gasteiger partial charge in [0.25, 0.3) is 5.91 Å². The van der Waals surface area contributed by atoms with Crippen molar-refractivity contribution in [1.29, 1.82) is 0 Å². The number of nitrogens with zero attached hydrogens (tertiary/aromatic N) is 3. The fourth-order valence-corrected chi connectivity index (χ4v) is 3.01. The Balaban J connectivity index is 1.52. The van der Waals surface area contributed by atoms with E-state index in [1.807, 2.05) is 29.2 Å². The zero-order valence-electron chi connectivity index (χ0n) is 11.4. The van der Waals surface area contributed by atoms with Crippen molar-refractivity contribution in [3.8, 4) is 0 Å². The highest BCUT2D eigenvalue weighted by atomic mass is 16.2. The summed E-state index contributed by atoms with van der Waals surface area (Å²) >= 11 is 0. The molecule has 2 aliphatic rings. The van der Waals surface area contributed by atoms with Gasteiger partial charge < -0.3 is 4.90 Å². The number of benzene rings is 1. The topological polar surface area (TPSA) is 52.2 Å². The van der Waals surface area contributed by atoms with E-state index in [0.29, 0.717) is 5.69 Å². The molecule has 1 aliphatic carbocycles. The molecule has 2 fully saturated rings. The first-order chi connectivity index (χ1) is 9.83. The fourth-order valence-electron chi connectivity index (χ4n) is 3.01. The summed E-state index contributed by atoms with van der Waals surface area (Å²) in [5.41, 5.74) is 1.48. The van der Waals surface area contributed by atoms with E-state index in [9.17, 15) is 4.79 Å². The fraction of sp³-hybridized carbons (Fsp3) is 0.467. The number of rotatable bonds is 2. The maximum absolute atomic E-state index is 12.6. The van der Waals surface area contributed by atoms with Crippen molar-refractivity contribution in [2.45, 2.75) is 18.9 Å². The van der Waals surface area contributed by atoms with Crippen molar-refractivity contribution in [3.05, 3.63) is 30.0 Å². The van der Waals surface area contributed by atoms with Crippen molar-refractivity contribution in [1.82, 2.24) is 20.0 Å². The van der Waals surface area contributed by atoms with Crippen molar-refractivity contribution in [3.63, 3.8) is 0 Å². The van der Waals surface area contributed by atoms with Crippen molar-refractivity contribution >= 4 is 16.8 Å².